The van der Waals surface area contributed by atoms with Crippen LogP contribution in [0.3, 0.4) is 0 Å². The highest BCUT2D eigenvalue weighted by Crippen LogP contribution is 2.59. The maximum absolute atomic E-state index is 11.4. The van der Waals surface area contributed by atoms with E-state index in [0.717, 1.165) is 18.4 Å². The number of aldehydes is 1. The average molecular weight is 375 g/mol. The zero-order chi connectivity index (χ0) is 18.9. The Hall–Kier alpha value is -0.720. The van der Waals surface area contributed by atoms with Gasteiger partial charge in [0.1, 0.15) is 6.29 Å². The Bertz CT molecular complexity index is 620. The molecule has 0 heterocycles. The minimum Gasteiger partial charge on any atom is -0.358 e. The highest BCUT2D eigenvalue weighted by Gasteiger charge is 2.50. The number of carbonyl (C=O) groups is 1. The summed E-state index contributed by atoms with van der Waals surface area (Å²) in [5, 5.41) is 0. The van der Waals surface area contributed by atoms with Crippen LogP contribution in [0.4, 0.5) is 0 Å². The SMILES string of the molecule is C=C1/C(=C\C=C2/CCC[C@]3(C)C([C@H](C)C=O)CC[C@@H]23)C[C@@H](C)C[C@@H]1OP. The molecule has 0 amide bonds. The van der Waals surface area contributed by atoms with E-state index in [1.165, 1.54) is 44.0 Å². The third kappa shape index (κ3) is 3.65. The van der Waals surface area contributed by atoms with Gasteiger partial charge in [0.05, 0.1) is 6.10 Å². The van der Waals surface area contributed by atoms with Crippen LogP contribution in [0.5, 0.6) is 0 Å². The zero-order valence-corrected chi connectivity index (χ0v) is 17.8. The second-order valence-corrected chi connectivity index (χ2v) is 9.49. The molecule has 0 saturated heterocycles. The summed E-state index contributed by atoms with van der Waals surface area (Å²) < 4.78 is 5.56. The molecule has 0 aromatic rings. The van der Waals surface area contributed by atoms with Crippen LogP contribution in [0.25, 0.3) is 0 Å². The van der Waals surface area contributed by atoms with Crippen molar-refractivity contribution < 1.29 is 9.32 Å². The van der Waals surface area contributed by atoms with Gasteiger partial charge in [-0.1, -0.05) is 45.1 Å². The molecule has 0 bridgehead atoms. The normalized spacial score (nSPS) is 42.1. The largest absolute Gasteiger partial charge is 0.358 e. The number of carbonyl (C=O) groups excluding carboxylic acids is 1. The van der Waals surface area contributed by atoms with Crippen molar-refractivity contribution in [3.63, 3.8) is 0 Å². The van der Waals surface area contributed by atoms with Crippen molar-refractivity contribution in [3.05, 3.63) is 35.5 Å². The average Bonchev–Trinajstić information content (AvgIpc) is 2.98. The highest BCUT2D eigenvalue weighted by atomic mass is 31.0. The summed E-state index contributed by atoms with van der Waals surface area (Å²) in [6.07, 6.45) is 14.3. The van der Waals surface area contributed by atoms with E-state index < -0.39 is 0 Å². The van der Waals surface area contributed by atoms with Crippen molar-refractivity contribution in [3.8, 4) is 0 Å². The summed E-state index contributed by atoms with van der Waals surface area (Å²) in [4.78, 5) is 11.4. The van der Waals surface area contributed by atoms with Gasteiger partial charge in [-0.3, -0.25) is 0 Å². The van der Waals surface area contributed by atoms with Crippen LogP contribution >= 0.6 is 9.47 Å². The van der Waals surface area contributed by atoms with Crippen molar-refractivity contribution in [1.82, 2.24) is 0 Å². The van der Waals surface area contributed by atoms with Crippen molar-refractivity contribution >= 4 is 15.8 Å². The van der Waals surface area contributed by atoms with Gasteiger partial charge in [0.2, 0.25) is 0 Å². The lowest BCUT2D eigenvalue weighted by molar-refractivity contribution is -0.113. The number of hydrogen-bond donors (Lipinski definition) is 0. The molecule has 0 radical (unpaired) electrons. The molecule has 3 heteroatoms. The molecule has 0 spiro atoms. The van der Waals surface area contributed by atoms with E-state index in [1.54, 1.807) is 5.57 Å². The second kappa shape index (κ2) is 8.11. The predicted molar refractivity (Wildman–Crippen MR) is 112 cm³/mol. The molecule has 26 heavy (non-hydrogen) atoms. The monoisotopic (exact) mass is 374 g/mol. The molecule has 3 fully saturated rings. The number of fused-ring (bicyclic) bond motifs is 1. The predicted octanol–water partition coefficient (Wildman–Crippen LogP) is 6.05. The summed E-state index contributed by atoms with van der Waals surface area (Å²) in [5.74, 6) is 2.00. The number of allylic oxidation sites excluding steroid dienone is 3. The van der Waals surface area contributed by atoms with Crippen LogP contribution in [0.2, 0.25) is 0 Å². The molecular weight excluding hydrogens is 339 g/mol. The lowest BCUT2D eigenvalue weighted by Crippen LogP contribution is -2.36. The Kier molecular flexibility index (Phi) is 6.25. The fraction of sp³-hybridized carbons (Fsp3) is 0.696. The quantitative estimate of drug-likeness (QED) is 0.442. The van der Waals surface area contributed by atoms with Crippen LogP contribution < -0.4 is 0 Å². The van der Waals surface area contributed by atoms with Gasteiger partial charge in [-0.25, -0.2) is 0 Å². The summed E-state index contributed by atoms with van der Waals surface area (Å²) in [5.41, 5.74) is 4.39. The van der Waals surface area contributed by atoms with Crippen molar-refractivity contribution in [2.45, 2.75) is 71.8 Å². The molecular formula is C23H35O2P. The maximum Gasteiger partial charge on any atom is 0.123 e. The third-order valence-corrected chi connectivity index (χ3v) is 7.86. The minimum absolute atomic E-state index is 0.134. The molecule has 0 aromatic heterocycles. The first kappa shape index (κ1) is 20.0. The molecule has 144 valence electrons. The summed E-state index contributed by atoms with van der Waals surface area (Å²) >= 11 is 0. The van der Waals surface area contributed by atoms with Crippen molar-refractivity contribution in [2.75, 3.05) is 0 Å². The standard InChI is InChI=1S/C23H35O2P/c1-15-12-19(17(3)22(13-15)25-26)8-7-18-6-5-11-23(4)20(16(2)14-24)9-10-21(18)23/h7-8,14-16,20-22H,3,5-6,9-13,26H2,1-2,4H3/b18-7+,19-8-/t15-,16-,20?,21+,22+,23-/m1/s1. The Morgan fingerprint density at radius 1 is 1.35 bits per heavy atom. The van der Waals surface area contributed by atoms with Gasteiger partial charge >= 0.3 is 0 Å². The first-order chi connectivity index (χ1) is 12.4. The first-order valence-corrected chi connectivity index (χ1v) is 10.8. The fourth-order valence-corrected chi connectivity index (χ4v) is 6.34. The molecule has 7 atom stereocenters. The van der Waals surface area contributed by atoms with E-state index >= 15 is 0 Å². The Balaban J connectivity index is 1.83. The van der Waals surface area contributed by atoms with Crippen molar-refractivity contribution in [2.24, 2.45) is 29.1 Å². The number of hydrogen-bond acceptors (Lipinski definition) is 2. The van der Waals surface area contributed by atoms with E-state index in [2.05, 4.69) is 49.0 Å². The molecule has 0 aliphatic heterocycles. The van der Waals surface area contributed by atoms with Gasteiger partial charge in [0.25, 0.3) is 0 Å². The van der Waals surface area contributed by atoms with Gasteiger partial charge in [0.15, 0.2) is 0 Å². The lowest BCUT2D eigenvalue weighted by atomic mass is 9.61. The van der Waals surface area contributed by atoms with Gasteiger partial charge in [-0.05, 0) is 79.3 Å². The molecule has 3 aliphatic carbocycles. The Morgan fingerprint density at radius 2 is 2.12 bits per heavy atom. The van der Waals surface area contributed by atoms with Gasteiger partial charge in [-0.2, -0.15) is 0 Å². The van der Waals surface area contributed by atoms with E-state index in [4.69, 9.17) is 4.52 Å². The Labute approximate surface area is 161 Å². The molecule has 2 nitrogen and oxygen atoms in total. The number of rotatable bonds is 4. The molecule has 2 unspecified atom stereocenters. The summed E-state index contributed by atoms with van der Waals surface area (Å²) in [6.45, 7) is 11.1. The van der Waals surface area contributed by atoms with Crippen molar-refractivity contribution in [1.29, 1.82) is 0 Å². The van der Waals surface area contributed by atoms with E-state index in [0.29, 0.717) is 23.2 Å². The van der Waals surface area contributed by atoms with Gasteiger partial charge in [0, 0.05) is 15.4 Å². The maximum atomic E-state index is 11.4. The van der Waals surface area contributed by atoms with E-state index in [9.17, 15) is 4.79 Å². The van der Waals surface area contributed by atoms with Crippen LogP contribution in [0.15, 0.2) is 35.5 Å². The van der Waals surface area contributed by atoms with Gasteiger partial charge < -0.3 is 9.32 Å². The highest BCUT2D eigenvalue weighted by molar-refractivity contribution is 7.09. The van der Waals surface area contributed by atoms with E-state index in [1.807, 2.05) is 0 Å². The van der Waals surface area contributed by atoms with E-state index in [-0.39, 0.29) is 12.0 Å². The molecule has 0 N–H and O–H groups in total. The lowest BCUT2D eigenvalue weighted by Gasteiger charge is -2.43. The summed E-state index contributed by atoms with van der Waals surface area (Å²) in [7, 11) is 2.41. The van der Waals surface area contributed by atoms with Gasteiger partial charge in [-0.15, -0.1) is 0 Å². The molecule has 0 aromatic carbocycles. The van der Waals surface area contributed by atoms with Crippen LogP contribution in [-0.2, 0) is 9.32 Å². The molecule has 3 saturated carbocycles. The third-order valence-electron chi connectivity index (χ3n) is 7.54. The second-order valence-electron chi connectivity index (χ2n) is 9.22. The van der Waals surface area contributed by atoms with Crippen LogP contribution in [0, 0.1) is 29.1 Å². The van der Waals surface area contributed by atoms with Crippen LogP contribution in [-0.4, -0.2) is 12.4 Å². The molecule has 3 aliphatic rings. The topological polar surface area (TPSA) is 26.3 Å². The first-order valence-electron chi connectivity index (χ1n) is 10.3. The summed E-state index contributed by atoms with van der Waals surface area (Å²) in [6, 6.07) is 0. The zero-order valence-electron chi connectivity index (χ0n) is 16.7. The Morgan fingerprint density at radius 3 is 2.81 bits per heavy atom. The molecule has 3 rings (SSSR count). The fourth-order valence-electron chi connectivity index (χ4n) is 6.06. The van der Waals surface area contributed by atoms with Crippen LogP contribution in [0.1, 0.15) is 65.7 Å². The minimum atomic E-state index is 0.134. The smallest absolute Gasteiger partial charge is 0.123 e.